The first-order chi connectivity index (χ1) is 28.2. The van der Waals surface area contributed by atoms with Crippen LogP contribution in [0.1, 0.15) is 67.9 Å². The molecule has 0 aliphatic carbocycles. The Hall–Kier alpha value is -6.96. The molecule has 4 heterocycles. The van der Waals surface area contributed by atoms with Crippen LogP contribution in [-0.4, -0.2) is 85.1 Å². The number of rotatable bonds is 10. The van der Waals surface area contributed by atoms with Gasteiger partial charge < -0.3 is 40.2 Å². The Morgan fingerprint density at radius 2 is 1.24 bits per heavy atom. The van der Waals surface area contributed by atoms with Crippen LogP contribution in [0.5, 0.6) is 0 Å². The molecule has 0 radical (unpaired) electrons. The van der Waals surface area contributed by atoms with Gasteiger partial charge in [0.15, 0.2) is 0 Å². The number of carbonyl (C=O) groups is 4. The van der Waals surface area contributed by atoms with Crippen molar-refractivity contribution in [3.8, 4) is 33.6 Å². The van der Waals surface area contributed by atoms with Gasteiger partial charge in [0, 0.05) is 18.7 Å². The van der Waals surface area contributed by atoms with E-state index >= 15 is 0 Å². The van der Waals surface area contributed by atoms with Crippen LogP contribution in [0.25, 0.3) is 44.4 Å². The largest absolute Gasteiger partial charge is 0.465 e. The van der Waals surface area contributed by atoms with Crippen molar-refractivity contribution in [1.82, 2.24) is 40.4 Å². The monoisotopic (exact) mass is 780 g/mol. The lowest BCUT2D eigenvalue weighted by Gasteiger charge is -2.28. The molecule has 4 aromatic carbocycles. The first-order valence-corrected chi connectivity index (χ1v) is 19.4. The summed E-state index contributed by atoms with van der Waals surface area (Å²) in [7, 11) is 1.28. The molecule has 2 saturated heterocycles. The van der Waals surface area contributed by atoms with Crippen molar-refractivity contribution in [2.75, 3.05) is 20.2 Å². The number of likely N-dealkylation sites (tertiary alicyclic amines) is 2. The van der Waals surface area contributed by atoms with Crippen molar-refractivity contribution in [3.63, 3.8) is 0 Å². The van der Waals surface area contributed by atoms with E-state index in [1.165, 1.54) is 7.11 Å². The van der Waals surface area contributed by atoms with E-state index in [1.807, 2.05) is 30.3 Å². The summed E-state index contributed by atoms with van der Waals surface area (Å²) in [5.74, 6) is 0.909. The maximum atomic E-state index is 13.9. The summed E-state index contributed by atoms with van der Waals surface area (Å²) in [6.07, 6.45) is 4.81. The Morgan fingerprint density at radius 1 is 0.707 bits per heavy atom. The molecule has 14 nitrogen and oxygen atoms in total. The number of carbonyl (C=O) groups excluding carboxylic acids is 3. The van der Waals surface area contributed by atoms with Crippen LogP contribution >= 0.6 is 0 Å². The minimum Gasteiger partial charge on any atom is -0.465 e. The minimum absolute atomic E-state index is 0.214. The number of nitrogens with one attached hydrogen (secondary N) is 4. The Balaban J connectivity index is 0.946. The minimum atomic E-state index is -1.23. The lowest BCUT2D eigenvalue weighted by Crippen LogP contribution is -2.46. The summed E-state index contributed by atoms with van der Waals surface area (Å²) in [5, 5.41) is 16.2. The van der Waals surface area contributed by atoms with Crippen LogP contribution in [0, 0.1) is 0 Å². The molecule has 2 fully saturated rings. The van der Waals surface area contributed by atoms with Crippen LogP contribution in [0.3, 0.4) is 0 Å². The number of aromatic amines is 2. The first kappa shape index (κ1) is 37.9. The average molecular weight is 781 g/mol. The van der Waals surface area contributed by atoms with Crippen LogP contribution in [0.2, 0.25) is 0 Å². The standard InChI is InChI=1S/C44H44N8O6/c1-26(47-43(55)56)41(53)51-20-6-10-36(51)39-46-25-35(49-39)33-19-18-31-22-30(16-17-32(31)23-33)27-12-14-28(15-13-27)34-24-45-40(48-34)37-11-7-21-52(37)42(54)38(50-44(57)58-2)29-8-4-3-5-9-29/h3-5,8-9,12-19,22-26,36-38,47H,6-7,10-11,20-21H2,1-2H3,(H,45,48)(H,46,49)(H,50,57)(H,55,56). The summed E-state index contributed by atoms with van der Waals surface area (Å²) >= 11 is 0. The van der Waals surface area contributed by atoms with Gasteiger partial charge in [0.2, 0.25) is 5.91 Å². The van der Waals surface area contributed by atoms with E-state index in [-0.39, 0.29) is 23.9 Å². The van der Waals surface area contributed by atoms with E-state index in [2.05, 4.69) is 86.2 Å². The van der Waals surface area contributed by atoms with Crippen molar-refractivity contribution in [2.24, 2.45) is 0 Å². The number of hydrogen-bond donors (Lipinski definition) is 5. The summed E-state index contributed by atoms with van der Waals surface area (Å²) in [4.78, 5) is 69.9. The molecular weight excluding hydrogens is 737 g/mol. The first-order valence-electron chi connectivity index (χ1n) is 19.4. The van der Waals surface area contributed by atoms with Gasteiger partial charge in [-0.15, -0.1) is 0 Å². The van der Waals surface area contributed by atoms with Gasteiger partial charge in [0.05, 0.1) is 43.0 Å². The third kappa shape index (κ3) is 7.73. The molecule has 296 valence electrons. The quantitative estimate of drug-likeness (QED) is 0.0954. The highest BCUT2D eigenvalue weighted by molar-refractivity contribution is 5.91. The van der Waals surface area contributed by atoms with Crippen molar-refractivity contribution >= 4 is 34.8 Å². The van der Waals surface area contributed by atoms with Crippen molar-refractivity contribution in [2.45, 2.75) is 56.8 Å². The number of imidazole rings is 2. The van der Waals surface area contributed by atoms with E-state index in [0.717, 1.165) is 70.1 Å². The van der Waals surface area contributed by atoms with Gasteiger partial charge in [-0.05, 0) is 77.8 Å². The normalized spacial score (nSPS) is 17.6. The van der Waals surface area contributed by atoms with Crippen LogP contribution in [-0.2, 0) is 14.3 Å². The number of H-pyrrole nitrogens is 2. The molecule has 0 saturated carbocycles. The number of methoxy groups -OCH3 is 1. The van der Waals surface area contributed by atoms with Crippen molar-refractivity contribution in [1.29, 1.82) is 0 Å². The number of benzene rings is 4. The van der Waals surface area contributed by atoms with Crippen LogP contribution in [0.15, 0.2) is 103 Å². The van der Waals surface area contributed by atoms with E-state index in [9.17, 15) is 19.2 Å². The Kier molecular flexibility index (Phi) is 10.6. The third-order valence-electron chi connectivity index (χ3n) is 11.1. The SMILES string of the molecule is COC(=O)NC(C(=O)N1CCCC1c1ncc(-c2ccc(-c3ccc4cc(-c5cnc(C6CCCN6C(=O)C(C)NC(=O)O)[nH]5)ccc4c3)cc2)[nH]1)c1ccccc1. The fraction of sp³-hybridized carbons (Fsp3) is 0.273. The highest BCUT2D eigenvalue weighted by atomic mass is 16.5. The third-order valence-corrected chi connectivity index (χ3v) is 11.1. The fourth-order valence-electron chi connectivity index (χ4n) is 8.14. The average Bonchev–Trinajstić information content (AvgIpc) is 4.09. The highest BCUT2D eigenvalue weighted by Gasteiger charge is 2.37. The number of carboxylic acid groups (broad SMARTS) is 1. The molecule has 4 amide bonds. The number of aromatic nitrogens is 4. The Bertz CT molecular complexity index is 2460. The molecule has 14 heteroatoms. The number of hydrogen-bond acceptors (Lipinski definition) is 7. The predicted molar refractivity (Wildman–Crippen MR) is 217 cm³/mol. The maximum Gasteiger partial charge on any atom is 0.407 e. The van der Waals surface area contributed by atoms with Crippen LogP contribution < -0.4 is 10.6 Å². The molecule has 4 unspecified atom stereocenters. The second kappa shape index (κ2) is 16.3. The van der Waals surface area contributed by atoms with Gasteiger partial charge in [0.1, 0.15) is 23.7 Å². The number of nitrogens with zero attached hydrogens (tertiary/aromatic N) is 4. The zero-order valence-corrected chi connectivity index (χ0v) is 32.1. The zero-order valence-electron chi connectivity index (χ0n) is 32.1. The number of fused-ring (bicyclic) bond motifs is 1. The molecule has 8 rings (SSSR count). The maximum absolute atomic E-state index is 13.9. The van der Waals surface area contributed by atoms with E-state index in [4.69, 9.17) is 14.8 Å². The molecule has 0 spiro atoms. The number of alkyl carbamates (subject to hydrolysis) is 1. The summed E-state index contributed by atoms with van der Waals surface area (Å²) < 4.78 is 4.82. The van der Waals surface area contributed by atoms with Gasteiger partial charge in [0.25, 0.3) is 5.91 Å². The van der Waals surface area contributed by atoms with Gasteiger partial charge in [-0.1, -0.05) is 78.9 Å². The van der Waals surface area contributed by atoms with Gasteiger partial charge in [-0.25, -0.2) is 19.6 Å². The summed E-state index contributed by atoms with van der Waals surface area (Å²) in [5.41, 5.74) is 6.44. The second-order valence-electron chi connectivity index (χ2n) is 14.7. The van der Waals surface area contributed by atoms with Gasteiger partial charge in [-0.2, -0.15) is 0 Å². The predicted octanol–water partition coefficient (Wildman–Crippen LogP) is 7.37. The lowest BCUT2D eigenvalue weighted by atomic mass is 9.98. The summed E-state index contributed by atoms with van der Waals surface area (Å²) in [6, 6.07) is 27.8. The van der Waals surface area contributed by atoms with E-state index in [1.54, 1.807) is 29.1 Å². The number of ether oxygens (including phenoxy) is 1. The van der Waals surface area contributed by atoms with Gasteiger partial charge >= 0.3 is 12.2 Å². The number of amides is 4. The van der Waals surface area contributed by atoms with Crippen LogP contribution in [0.4, 0.5) is 9.59 Å². The molecule has 4 atom stereocenters. The molecule has 0 bridgehead atoms. The van der Waals surface area contributed by atoms with E-state index < -0.39 is 24.3 Å². The Morgan fingerprint density at radius 3 is 1.84 bits per heavy atom. The smallest absolute Gasteiger partial charge is 0.407 e. The van der Waals surface area contributed by atoms with Crippen molar-refractivity contribution < 1.29 is 29.0 Å². The highest BCUT2D eigenvalue weighted by Crippen LogP contribution is 2.36. The molecule has 58 heavy (non-hydrogen) atoms. The van der Waals surface area contributed by atoms with Gasteiger partial charge in [-0.3, -0.25) is 9.59 Å². The molecular formula is C44H44N8O6. The molecule has 2 aromatic heterocycles. The molecule has 2 aliphatic rings. The molecule has 5 N–H and O–H groups in total. The summed E-state index contributed by atoms with van der Waals surface area (Å²) in [6.45, 7) is 2.66. The fourth-order valence-corrected chi connectivity index (χ4v) is 8.14. The molecule has 6 aromatic rings. The topological polar surface area (TPSA) is 186 Å². The zero-order chi connectivity index (χ0) is 40.3. The Labute approximate surface area is 334 Å². The van der Waals surface area contributed by atoms with Crippen molar-refractivity contribution in [3.05, 3.63) is 121 Å². The molecule has 2 aliphatic heterocycles. The second-order valence-corrected chi connectivity index (χ2v) is 14.7. The van der Waals surface area contributed by atoms with E-state index in [0.29, 0.717) is 30.3 Å². The lowest BCUT2D eigenvalue weighted by molar-refractivity contribution is -0.135.